The van der Waals surface area contributed by atoms with Gasteiger partial charge in [-0.25, -0.2) is 4.39 Å². The number of carbonyl (C=O) groups excluding carboxylic acids is 1. The van der Waals surface area contributed by atoms with Crippen LogP contribution in [0, 0.1) is 11.2 Å². The molecule has 0 bridgehead atoms. The molecule has 0 unspecified atom stereocenters. The second-order valence-electron chi connectivity index (χ2n) is 4.50. The molecule has 2 rings (SSSR count). The van der Waals surface area contributed by atoms with Gasteiger partial charge in [-0.15, -0.1) is 0 Å². The Kier molecular flexibility index (Phi) is 3.43. The van der Waals surface area contributed by atoms with E-state index in [0.717, 1.165) is 18.4 Å². The molecule has 0 aromatic heterocycles. The quantitative estimate of drug-likeness (QED) is 0.794. The summed E-state index contributed by atoms with van der Waals surface area (Å²) in [5.74, 6) is -0.369. The summed E-state index contributed by atoms with van der Waals surface area (Å²) in [7, 11) is 1.42. The summed E-state index contributed by atoms with van der Waals surface area (Å²) in [6.07, 6.45) is 1.77. The van der Waals surface area contributed by atoms with E-state index in [4.69, 9.17) is 4.74 Å². The van der Waals surface area contributed by atoms with Crippen LogP contribution in [0.5, 0.6) is 0 Å². The summed E-state index contributed by atoms with van der Waals surface area (Å²) in [5.41, 5.74) is 0.696. The smallest absolute Gasteiger partial charge is 0.313 e. The van der Waals surface area contributed by atoms with Crippen molar-refractivity contribution in [3.63, 3.8) is 0 Å². The summed E-state index contributed by atoms with van der Waals surface area (Å²) in [6, 6.07) is 6.34. The average molecular weight is 237 g/mol. The number of methoxy groups -OCH3 is 1. The van der Waals surface area contributed by atoms with Gasteiger partial charge in [-0.3, -0.25) is 4.79 Å². The minimum absolute atomic E-state index is 0.135. The maximum Gasteiger partial charge on any atom is 0.313 e. The molecular weight excluding hydrogens is 221 g/mol. The van der Waals surface area contributed by atoms with Crippen molar-refractivity contribution in [1.29, 1.82) is 0 Å². The summed E-state index contributed by atoms with van der Waals surface area (Å²) >= 11 is 0. The van der Waals surface area contributed by atoms with Gasteiger partial charge in [0.25, 0.3) is 0 Å². The van der Waals surface area contributed by atoms with E-state index in [1.54, 1.807) is 12.1 Å². The fourth-order valence-electron chi connectivity index (χ4n) is 1.87. The molecule has 0 amide bonds. The zero-order chi connectivity index (χ0) is 12.3. The molecule has 4 heteroatoms. The first-order valence-corrected chi connectivity index (χ1v) is 5.70. The van der Waals surface area contributed by atoms with Gasteiger partial charge >= 0.3 is 5.97 Å². The maximum atomic E-state index is 12.7. The fourth-order valence-corrected chi connectivity index (χ4v) is 1.87. The molecule has 0 saturated heterocycles. The first-order chi connectivity index (χ1) is 8.16. The fraction of sp³-hybridized carbons (Fsp3) is 0.462. The predicted octanol–water partition coefficient (Wildman–Crippen LogP) is 1.87. The van der Waals surface area contributed by atoms with Gasteiger partial charge in [0, 0.05) is 13.1 Å². The van der Waals surface area contributed by atoms with Crippen LogP contribution in [0.3, 0.4) is 0 Å². The third-order valence-electron chi connectivity index (χ3n) is 3.18. The number of hydrogen-bond donors (Lipinski definition) is 1. The van der Waals surface area contributed by atoms with Gasteiger partial charge < -0.3 is 10.1 Å². The molecule has 1 fully saturated rings. The number of halogens is 1. The molecule has 0 radical (unpaired) electrons. The lowest BCUT2D eigenvalue weighted by molar-refractivity contribution is -0.146. The zero-order valence-corrected chi connectivity index (χ0v) is 9.83. The number of ether oxygens (including phenoxy) is 1. The SMILES string of the molecule is COC(=O)C1(CNCc2ccc(F)cc2)CC1. The Morgan fingerprint density at radius 1 is 1.41 bits per heavy atom. The zero-order valence-electron chi connectivity index (χ0n) is 9.83. The van der Waals surface area contributed by atoms with Crippen molar-refractivity contribution in [2.45, 2.75) is 19.4 Å². The van der Waals surface area contributed by atoms with Crippen LogP contribution in [0.2, 0.25) is 0 Å². The average Bonchev–Trinajstić information content (AvgIpc) is 3.12. The highest BCUT2D eigenvalue weighted by atomic mass is 19.1. The van der Waals surface area contributed by atoms with Gasteiger partial charge in [0.15, 0.2) is 0 Å². The molecular formula is C13H16FNO2. The minimum Gasteiger partial charge on any atom is -0.469 e. The van der Waals surface area contributed by atoms with Gasteiger partial charge in [-0.1, -0.05) is 12.1 Å². The van der Waals surface area contributed by atoms with Crippen molar-refractivity contribution < 1.29 is 13.9 Å². The predicted molar refractivity (Wildman–Crippen MR) is 61.8 cm³/mol. The summed E-state index contributed by atoms with van der Waals surface area (Å²) in [4.78, 5) is 11.5. The molecule has 3 nitrogen and oxygen atoms in total. The molecule has 1 aliphatic carbocycles. The molecule has 1 aromatic rings. The van der Waals surface area contributed by atoms with Gasteiger partial charge in [-0.05, 0) is 30.5 Å². The van der Waals surface area contributed by atoms with Crippen molar-refractivity contribution in [2.24, 2.45) is 5.41 Å². The van der Waals surface area contributed by atoms with E-state index >= 15 is 0 Å². The van der Waals surface area contributed by atoms with Crippen LogP contribution >= 0.6 is 0 Å². The van der Waals surface area contributed by atoms with E-state index in [0.29, 0.717) is 13.1 Å². The lowest BCUT2D eigenvalue weighted by Gasteiger charge is -2.13. The number of rotatable bonds is 5. The van der Waals surface area contributed by atoms with Gasteiger partial charge in [0.1, 0.15) is 5.82 Å². The lowest BCUT2D eigenvalue weighted by Crippen LogP contribution is -2.30. The second-order valence-corrected chi connectivity index (χ2v) is 4.50. The Morgan fingerprint density at radius 3 is 2.59 bits per heavy atom. The van der Waals surface area contributed by atoms with Crippen LogP contribution in [0.1, 0.15) is 18.4 Å². The highest BCUT2D eigenvalue weighted by Crippen LogP contribution is 2.46. The van der Waals surface area contributed by atoms with Crippen LogP contribution in [-0.2, 0) is 16.1 Å². The molecule has 0 atom stereocenters. The number of carbonyl (C=O) groups is 1. The van der Waals surface area contributed by atoms with Crippen LogP contribution in [0.4, 0.5) is 4.39 Å². The van der Waals surface area contributed by atoms with Crippen LogP contribution in [0.15, 0.2) is 24.3 Å². The molecule has 0 heterocycles. The number of benzene rings is 1. The summed E-state index contributed by atoms with van der Waals surface area (Å²) < 4.78 is 17.4. The summed E-state index contributed by atoms with van der Waals surface area (Å²) in [6.45, 7) is 1.26. The molecule has 1 N–H and O–H groups in total. The molecule has 0 aliphatic heterocycles. The van der Waals surface area contributed by atoms with Crippen molar-refractivity contribution in [1.82, 2.24) is 5.32 Å². The maximum absolute atomic E-state index is 12.7. The second kappa shape index (κ2) is 4.84. The number of hydrogen-bond acceptors (Lipinski definition) is 3. The molecule has 1 aliphatic rings. The molecule has 17 heavy (non-hydrogen) atoms. The molecule has 0 spiro atoms. The molecule has 1 saturated carbocycles. The number of nitrogens with one attached hydrogen (secondary N) is 1. The highest BCUT2D eigenvalue weighted by molar-refractivity contribution is 5.80. The third-order valence-corrected chi connectivity index (χ3v) is 3.18. The van der Waals surface area contributed by atoms with E-state index < -0.39 is 0 Å². The Labute approximate surface area is 100.0 Å². The van der Waals surface area contributed by atoms with Crippen molar-refractivity contribution >= 4 is 5.97 Å². The highest BCUT2D eigenvalue weighted by Gasteiger charge is 2.50. The first kappa shape index (κ1) is 12.0. The van der Waals surface area contributed by atoms with E-state index in [9.17, 15) is 9.18 Å². The molecule has 92 valence electrons. The van der Waals surface area contributed by atoms with Crippen LogP contribution in [0.25, 0.3) is 0 Å². The standard InChI is InChI=1S/C13H16FNO2/c1-17-12(16)13(6-7-13)9-15-8-10-2-4-11(14)5-3-10/h2-5,15H,6-9H2,1H3. The Balaban J connectivity index is 1.80. The lowest BCUT2D eigenvalue weighted by atomic mass is 10.1. The van der Waals surface area contributed by atoms with E-state index in [1.807, 2.05) is 0 Å². The Hall–Kier alpha value is -1.42. The van der Waals surface area contributed by atoms with Gasteiger partial charge in [0.05, 0.1) is 12.5 Å². The van der Waals surface area contributed by atoms with Crippen LogP contribution in [-0.4, -0.2) is 19.6 Å². The van der Waals surface area contributed by atoms with Crippen molar-refractivity contribution in [3.05, 3.63) is 35.6 Å². The monoisotopic (exact) mass is 237 g/mol. The topological polar surface area (TPSA) is 38.3 Å². The van der Waals surface area contributed by atoms with Gasteiger partial charge in [0.2, 0.25) is 0 Å². The Bertz CT molecular complexity index is 398. The van der Waals surface area contributed by atoms with Crippen molar-refractivity contribution in [3.8, 4) is 0 Å². The van der Waals surface area contributed by atoms with E-state index in [-0.39, 0.29) is 17.2 Å². The minimum atomic E-state index is -0.311. The normalized spacial score (nSPS) is 16.6. The van der Waals surface area contributed by atoms with E-state index in [1.165, 1.54) is 19.2 Å². The van der Waals surface area contributed by atoms with Gasteiger partial charge in [-0.2, -0.15) is 0 Å². The van der Waals surface area contributed by atoms with Crippen molar-refractivity contribution in [2.75, 3.05) is 13.7 Å². The third kappa shape index (κ3) is 2.82. The largest absolute Gasteiger partial charge is 0.469 e. The number of esters is 1. The van der Waals surface area contributed by atoms with Crippen LogP contribution < -0.4 is 5.32 Å². The molecule has 1 aromatic carbocycles. The van der Waals surface area contributed by atoms with E-state index in [2.05, 4.69) is 5.32 Å². The summed E-state index contributed by atoms with van der Waals surface area (Å²) in [5, 5.41) is 3.22. The Morgan fingerprint density at radius 2 is 2.06 bits per heavy atom. The first-order valence-electron chi connectivity index (χ1n) is 5.70.